The summed E-state index contributed by atoms with van der Waals surface area (Å²) >= 11 is 7.07. The van der Waals surface area contributed by atoms with Crippen molar-refractivity contribution in [2.75, 3.05) is 12.5 Å². The monoisotopic (exact) mass is 550 g/mol. The van der Waals surface area contributed by atoms with E-state index >= 15 is 0 Å². The summed E-state index contributed by atoms with van der Waals surface area (Å²) in [6.07, 6.45) is 7.21. The van der Waals surface area contributed by atoms with Crippen LogP contribution < -0.4 is 9.31 Å². The molecule has 3 heterocycles. The maximum Gasteiger partial charge on any atom is 0.624 e. The minimum Gasteiger partial charge on any atom is -0.520 e. The maximum absolute atomic E-state index is 13.2. The Bertz CT molecular complexity index is 1030. The first-order chi connectivity index (χ1) is 16.3. The molecule has 0 amide bonds. The topological polar surface area (TPSA) is 52.6 Å². The second kappa shape index (κ2) is 10.3. The van der Waals surface area contributed by atoms with Crippen LogP contribution in [0.2, 0.25) is 0 Å². The highest BCUT2D eigenvalue weighted by atomic mass is 32.2. The summed E-state index contributed by atoms with van der Waals surface area (Å²) in [5.74, 6) is 4.30. The first kappa shape index (κ1) is 27.4. The largest absolute Gasteiger partial charge is 0.624 e. The molecule has 0 spiro atoms. The molecule has 5 atom stereocenters. The standard InChI is InChI=1S/C26H35BO4S4/c1-25(2,3)21(28)19-11-14(23(32-7)34-19)9-10-27-30-17-12-15-16(13-18(17)31-27)24(33-8)35-20(15)22(29)26(4,5)6/h9-10,12-14,19-20,23-24H,11H2,1-8H3. The van der Waals surface area contributed by atoms with E-state index in [1.54, 1.807) is 47.0 Å². The molecule has 0 N–H and O–H groups in total. The molecule has 1 saturated heterocycles. The Morgan fingerprint density at radius 3 is 2.09 bits per heavy atom. The molecule has 0 aliphatic carbocycles. The smallest absolute Gasteiger partial charge is 0.520 e. The molecule has 0 radical (unpaired) electrons. The normalized spacial score (nSPS) is 28.1. The fourth-order valence-electron chi connectivity index (χ4n) is 4.57. The number of fused-ring (bicyclic) bond motifs is 2. The summed E-state index contributed by atoms with van der Waals surface area (Å²) in [5, 5.41) is -0.146. The molecule has 35 heavy (non-hydrogen) atoms. The lowest BCUT2D eigenvalue weighted by molar-refractivity contribution is -0.126. The van der Waals surface area contributed by atoms with Gasteiger partial charge in [-0.25, -0.2) is 0 Å². The lowest BCUT2D eigenvalue weighted by atomic mass is 9.84. The maximum atomic E-state index is 13.2. The van der Waals surface area contributed by atoms with E-state index < -0.39 is 12.5 Å². The van der Waals surface area contributed by atoms with Gasteiger partial charge in [0.1, 0.15) is 11.5 Å². The molecule has 1 aromatic rings. The number of benzene rings is 1. The summed E-state index contributed by atoms with van der Waals surface area (Å²) in [6.45, 7) is 12.0. The van der Waals surface area contributed by atoms with Crippen LogP contribution in [0.1, 0.15) is 68.9 Å². The quantitative estimate of drug-likeness (QED) is 0.344. The predicted molar refractivity (Wildman–Crippen MR) is 155 cm³/mol. The molecule has 1 fully saturated rings. The van der Waals surface area contributed by atoms with E-state index in [2.05, 4.69) is 24.7 Å². The lowest BCUT2D eigenvalue weighted by Gasteiger charge is -2.21. The van der Waals surface area contributed by atoms with Crippen molar-refractivity contribution in [3.63, 3.8) is 0 Å². The van der Waals surface area contributed by atoms with Crippen LogP contribution in [0.4, 0.5) is 0 Å². The Morgan fingerprint density at radius 1 is 0.943 bits per heavy atom. The van der Waals surface area contributed by atoms with E-state index in [0.29, 0.717) is 22.0 Å². The van der Waals surface area contributed by atoms with Crippen molar-refractivity contribution in [1.82, 2.24) is 0 Å². The molecule has 4 rings (SSSR count). The zero-order valence-electron chi connectivity index (χ0n) is 21.7. The molecule has 0 aromatic heterocycles. The van der Waals surface area contributed by atoms with Gasteiger partial charge >= 0.3 is 7.12 Å². The van der Waals surface area contributed by atoms with E-state index in [4.69, 9.17) is 9.31 Å². The molecule has 5 unspecified atom stereocenters. The summed E-state index contributed by atoms with van der Waals surface area (Å²) in [5.41, 5.74) is 1.50. The SMILES string of the molecule is CSC1SC(C(=O)C(C)(C)C)c2cc3c(cc21)OB(C=CC1CC(C(=O)C(C)(C)C)SC1SC)O3. The van der Waals surface area contributed by atoms with Gasteiger partial charge in [0.15, 0.2) is 11.6 Å². The van der Waals surface area contributed by atoms with Crippen LogP contribution in [0.5, 0.6) is 11.5 Å². The number of carbonyl (C=O) groups excluding carboxylic acids is 2. The molecule has 190 valence electrons. The summed E-state index contributed by atoms with van der Waals surface area (Å²) in [6, 6.07) is 4.08. The van der Waals surface area contributed by atoms with Crippen molar-refractivity contribution in [3.05, 3.63) is 35.3 Å². The van der Waals surface area contributed by atoms with E-state index in [0.717, 1.165) is 23.3 Å². The summed E-state index contributed by atoms with van der Waals surface area (Å²) in [4.78, 5) is 26.0. The van der Waals surface area contributed by atoms with Gasteiger partial charge in [-0.1, -0.05) is 47.6 Å². The number of hydrogen-bond acceptors (Lipinski definition) is 8. The zero-order chi connectivity index (χ0) is 25.7. The van der Waals surface area contributed by atoms with Crippen molar-refractivity contribution >= 4 is 65.7 Å². The lowest BCUT2D eigenvalue weighted by Crippen LogP contribution is -2.29. The van der Waals surface area contributed by atoms with Crippen LogP contribution in [-0.4, -0.2) is 41.0 Å². The molecule has 0 saturated carbocycles. The summed E-state index contributed by atoms with van der Waals surface area (Å²) in [7, 11) is -0.491. The number of ketones is 2. The van der Waals surface area contributed by atoms with Crippen molar-refractivity contribution in [1.29, 1.82) is 0 Å². The van der Waals surface area contributed by atoms with E-state index in [9.17, 15) is 9.59 Å². The average molecular weight is 551 g/mol. The van der Waals surface area contributed by atoms with E-state index in [-0.39, 0.29) is 26.3 Å². The van der Waals surface area contributed by atoms with Gasteiger partial charge in [-0.05, 0) is 54.1 Å². The first-order valence-corrected chi connectivity index (χ1v) is 16.4. The fourth-order valence-corrected chi connectivity index (χ4v) is 10.2. The number of rotatable bonds is 6. The Morgan fingerprint density at radius 2 is 1.54 bits per heavy atom. The van der Waals surface area contributed by atoms with Gasteiger partial charge in [-0.3, -0.25) is 9.59 Å². The third kappa shape index (κ3) is 5.63. The molecule has 3 aliphatic heterocycles. The van der Waals surface area contributed by atoms with Crippen molar-refractivity contribution < 1.29 is 18.9 Å². The second-order valence-electron chi connectivity index (χ2n) is 11.4. The summed E-state index contributed by atoms with van der Waals surface area (Å²) < 4.78 is 12.9. The minimum absolute atomic E-state index is 0.0333. The van der Waals surface area contributed by atoms with Crippen molar-refractivity contribution in [2.24, 2.45) is 16.7 Å². The van der Waals surface area contributed by atoms with E-state index in [1.165, 1.54) is 0 Å². The number of hydrogen-bond donors (Lipinski definition) is 0. The molecular formula is C26H35BO4S4. The number of carbonyl (C=O) groups is 2. The highest BCUT2D eigenvalue weighted by molar-refractivity contribution is 8.17. The van der Waals surface area contributed by atoms with Crippen LogP contribution in [0.25, 0.3) is 0 Å². The number of thioether (sulfide) groups is 4. The van der Waals surface area contributed by atoms with Gasteiger partial charge in [0.05, 0.1) is 19.7 Å². The average Bonchev–Trinajstić information content (AvgIpc) is 3.47. The molecule has 3 aliphatic rings. The Hall–Kier alpha value is -0.635. The molecule has 1 aromatic carbocycles. The highest BCUT2D eigenvalue weighted by Gasteiger charge is 2.43. The predicted octanol–water partition coefficient (Wildman–Crippen LogP) is 7.23. The third-order valence-electron chi connectivity index (χ3n) is 6.54. The van der Waals surface area contributed by atoms with Gasteiger partial charge in [-0.15, -0.1) is 35.3 Å². The Labute approximate surface area is 227 Å². The van der Waals surface area contributed by atoms with Crippen LogP contribution in [0, 0.1) is 16.7 Å². The number of Topliss-reactive ketones (excluding diaryl/α,β-unsaturated/α-hetero) is 2. The Balaban J connectivity index is 1.49. The van der Waals surface area contributed by atoms with Crippen LogP contribution in [-0.2, 0) is 9.59 Å². The molecule has 9 heteroatoms. The zero-order valence-corrected chi connectivity index (χ0v) is 25.0. The fraction of sp³-hybridized carbons (Fsp3) is 0.615. The second-order valence-corrected chi connectivity index (χ2v) is 16.4. The number of allylic oxidation sites excluding steroid dienone is 1. The van der Waals surface area contributed by atoms with Crippen LogP contribution in [0.15, 0.2) is 24.2 Å². The van der Waals surface area contributed by atoms with Gasteiger partial charge in [-0.2, -0.15) is 11.8 Å². The van der Waals surface area contributed by atoms with Gasteiger partial charge in [0.25, 0.3) is 0 Å². The minimum atomic E-state index is -0.491. The third-order valence-corrected chi connectivity index (χ3v) is 12.4. The van der Waals surface area contributed by atoms with E-state index in [1.807, 2.05) is 53.6 Å². The molecule has 4 nitrogen and oxygen atoms in total. The Kier molecular flexibility index (Phi) is 8.03. The van der Waals surface area contributed by atoms with Crippen LogP contribution in [0.3, 0.4) is 0 Å². The van der Waals surface area contributed by atoms with Crippen molar-refractivity contribution in [2.45, 2.75) is 67.6 Å². The van der Waals surface area contributed by atoms with Gasteiger partial charge < -0.3 is 9.31 Å². The van der Waals surface area contributed by atoms with Gasteiger partial charge in [0.2, 0.25) is 0 Å². The molecule has 0 bridgehead atoms. The highest BCUT2D eigenvalue weighted by Crippen LogP contribution is 2.59. The van der Waals surface area contributed by atoms with Crippen molar-refractivity contribution in [3.8, 4) is 11.5 Å². The van der Waals surface area contributed by atoms with Crippen LogP contribution >= 0.6 is 47.0 Å². The first-order valence-electron chi connectivity index (χ1n) is 12.0. The van der Waals surface area contributed by atoms with Gasteiger partial charge in [0, 0.05) is 10.8 Å². The molecular weight excluding hydrogens is 515 g/mol.